The molecule has 7 nitrogen and oxygen atoms in total. The quantitative estimate of drug-likeness (QED) is 0.808. The zero-order valence-corrected chi connectivity index (χ0v) is 11.1. The van der Waals surface area contributed by atoms with Gasteiger partial charge in [-0.1, -0.05) is 12.1 Å². The summed E-state index contributed by atoms with van der Waals surface area (Å²) in [6.07, 6.45) is 0. The minimum absolute atomic E-state index is 0.0111. The van der Waals surface area contributed by atoms with Gasteiger partial charge in [-0.3, -0.25) is 19.3 Å². The molecule has 1 aromatic carbocycles. The Morgan fingerprint density at radius 2 is 1.67 bits per heavy atom. The lowest BCUT2D eigenvalue weighted by atomic mass is 9.89. The highest BCUT2D eigenvalue weighted by Gasteiger charge is 2.48. The minimum atomic E-state index is -1.42. The molecule has 0 radical (unpaired) electrons. The van der Waals surface area contributed by atoms with Crippen molar-refractivity contribution >= 4 is 17.8 Å². The van der Waals surface area contributed by atoms with Gasteiger partial charge in [0.1, 0.15) is 12.2 Å². The number of carboxylic acid groups (broad SMARTS) is 1. The average Bonchev–Trinajstić information content (AvgIpc) is 2.74. The molecule has 0 unspecified atom stereocenters. The number of carbonyl (C=O) groups is 3. The van der Waals surface area contributed by atoms with Crippen LogP contribution in [0.1, 0.15) is 20.7 Å². The van der Waals surface area contributed by atoms with E-state index in [-0.39, 0.29) is 26.6 Å². The highest BCUT2D eigenvalue weighted by molar-refractivity contribution is 6.21. The second-order valence-electron chi connectivity index (χ2n) is 5.14. The first-order chi connectivity index (χ1) is 10.1. The van der Waals surface area contributed by atoms with Crippen molar-refractivity contribution in [2.45, 2.75) is 0 Å². The lowest BCUT2D eigenvalue weighted by Gasteiger charge is -2.34. The smallest absolute Gasteiger partial charge is 0.316 e. The van der Waals surface area contributed by atoms with Crippen LogP contribution in [-0.2, 0) is 14.3 Å². The number of nitrogens with zero attached hydrogens (tertiary/aromatic N) is 1. The van der Waals surface area contributed by atoms with E-state index in [1.165, 1.54) is 0 Å². The molecule has 21 heavy (non-hydrogen) atoms. The van der Waals surface area contributed by atoms with Crippen LogP contribution in [0.4, 0.5) is 0 Å². The van der Waals surface area contributed by atoms with Crippen LogP contribution in [-0.4, -0.2) is 54.3 Å². The Kier molecular flexibility index (Phi) is 3.23. The predicted molar refractivity (Wildman–Crippen MR) is 68.6 cm³/mol. The monoisotopic (exact) mass is 291 g/mol. The first kappa shape index (κ1) is 13.7. The topological polar surface area (TPSA) is 93.1 Å². The van der Waals surface area contributed by atoms with Gasteiger partial charge in [-0.2, -0.15) is 0 Å². The summed E-state index contributed by atoms with van der Waals surface area (Å²) in [7, 11) is 0. The van der Waals surface area contributed by atoms with Gasteiger partial charge in [0, 0.05) is 6.54 Å². The van der Waals surface area contributed by atoms with Gasteiger partial charge >= 0.3 is 5.97 Å². The molecule has 1 N–H and O–H groups in total. The van der Waals surface area contributed by atoms with E-state index in [0.717, 1.165) is 4.90 Å². The summed E-state index contributed by atoms with van der Waals surface area (Å²) in [6, 6.07) is 6.42. The molecule has 0 aliphatic carbocycles. The molecule has 1 fully saturated rings. The van der Waals surface area contributed by atoms with Gasteiger partial charge in [0.15, 0.2) is 0 Å². The van der Waals surface area contributed by atoms with E-state index in [9.17, 15) is 19.5 Å². The number of amides is 2. The predicted octanol–water partition coefficient (Wildman–Crippen LogP) is 0.358. The van der Waals surface area contributed by atoms with Crippen molar-refractivity contribution in [1.82, 2.24) is 4.90 Å². The van der Waals surface area contributed by atoms with Gasteiger partial charge in [0.05, 0.1) is 24.3 Å². The maximum absolute atomic E-state index is 12.3. The van der Waals surface area contributed by atoms with Crippen molar-refractivity contribution in [1.29, 1.82) is 0 Å². The summed E-state index contributed by atoms with van der Waals surface area (Å²) in [6.45, 7) is -0.461. The van der Waals surface area contributed by atoms with Crippen molar-refractivity contribution in [2.75, 3.05) is 26.6 Å². The number of hydrogen-bond donors (Lipinski definition) is 1. The Balaban J connectivity index is 1.90. The normalized spacial score (nSPS) is 20.5. The molecule has 2 heterocycles. The third kappa shape index (κ3) is 2.10. The van der Waals surface area contributed by atoms with E-state index < -0.39 is 23.2 Å². The zero-order valence-electron chi connectivity index (χ0n) is 11.1. The highest BCUT2D eigenvalue weighted by atomic mass is 16.7. The number of hydrogen-bond acceptors (Lipinski definition) is 5. The van der Waals surface area contributed by atoms with E-state index in [1.54, 1.807) is 24.3 Å². The van der Waals surface area contributed by atoms with Crippen molar-refractivity contribution in [2.24, 2.45) is 5.41 Å². The van der Waals surface area contributed by atoms with Crippen molar-refractivity contribution in [3.63, 3.8) is 0 Å². The molecule has 0 aromatic heterocycles. The van der Waals surface area contributed by atoms with Gasteiger partial charge in [0.2, 0.25) is 0 Å². The SMILES string of the molecule is O=C1c2ccccc2C(=O)N1CC1(C(=O)O)COCOC1. The molecule has 2 amide bonds. The Bertz CT molecular complexity index is 585. The van der Waals surface area contributed by atoms with Crippen LogP contribution in [0.2, 0.25) is 0 Å². The summed E-state index contributed by atoms with van der Waals surface area (Å²) in [4.78, 5) is 37.0. The van der Waals surface area contributed by atoms with Gasteiger partial charge < -0.3 is 14.6 Å². The first-order valence-corrected chi connectivity index (χ1v) is 6.39. The van der Waals surface area contributed by atoms with Crippen LogP contribution in [0, 0.1) is 5.41 Å². The lowest BCUT2D eigenvalue weighted by Crippen LogP contribution is -2.53. The lowest BCUT2D eigenvalue weighted by molar-refractivity contribution is -0.191. The maximum atomic E-state index is 12.3. The molecular weight excluding hydrogens is 278 g/mol. The summed E-state index contributed by atoms with van der Waals surface area (Å²) in [5, 5.41) is 9.43. The Hall–Kier alpha value is -2.25. The molecule has 3 rings (SSSR count). The fourth-order valence-corrected chi connectivity index (χ4v) is 2.54. The third-order valence-corrected chi connectivity index (χ3v) is 3.72. The van der Waals surface area contributed by atoms with Crippen molar-refractivity contribution in [3.05, 3.63) is 35.4 Å². The zero-order chi connectivity index (χ0) is 15.0. The molecule has 0 bridgehead atoms. The molecule has 7 heteroatoms. The third-order valence-electron chi connectivity index (χ3n) is 3.72. The van der Waals surface area contributed by atoms with Crippen LogP contribution >= 0.6 is 0 Å². The number of benzene rings is 1. The molecule has 0 spiro atoms. The Morgan fingerprint density at radius 1 is 1.14 bits per heavy atom. The van der Waals surface area contributed by atoms with Crippen molar-refractivity contribution < 1.29 is 29.0 Å². The van der Waals surface area contributed by atoms with E-state index in [0.29, 0.717) is 11.1 Å². The first-order valence-electron chi connectivity index (χ1n) is 6.39. The number of rotatable bonds is 3. The van der Waals surface area contributed by atoms with Crippen molar-refractivity contribution in [3.8, 4) is 0 Å². The van der Waals surface area contributed by atoms with E-state index in [2.05, 4.69) is 0 Å². The second-order valence-corrected chi connectivity index (χ2v) is 5.14. The number of carboxylic acids is 1. The van der Waals surface area contributed by atoms with E-state index in [1.807, 2.05) is 0 Å². The standard InChI is InChI=1S/C14H13NO6/c16-11-9-3-1-2-4-10(9)12(17)15(11)5-14(13(18)19)6-20-8-21-7-14/h1-4H,5-8H2,(H,18,19). The van der Waals surface area contributed by atoms with Crippen LogP contribution in [0.25, 0.3) is 0 Å². The second kappa shape index (κ2) is 4.94. The minimum Gasteiger partial charge on any atom is -0.481 e. The van der Waals surface area contributed by atoms with Crippen LogP contribution in [0.15, 0.2) is 24.3 Å². The average molecular weight is 291 g/mol. The number of carbonyl (C=O) groups excluding carboxylic acids is 2. The number of imide groups is 1. The largest absolute Gasteiger partial charge is 0.481 e. The van der Waals surface area contributed by atoms with E-state index >= 15 is 0 Å². The summed E-state index contributed by atoms with van der Waals surface area (Å²) < 4.78 is 10.1. The summed E-state index contributed by atoms with van der Waals surface area (Å²) >= 11 is 0. The summed E-state index contributed by atoms with van der Waals surface area (Å²) in [5.74, 6) is -2.12. The highest BCUT2D eigenvalue weighted by Crippen LogP contribution is 2.29. The molecule has 2 aliphatic heterocycles. The molecule has 110 valence electrons. The molecule has 1 aromatic rings. The molecular formula is C14H13NO6. The van der Waals surface area contributed by atoms with Gasteiger partial charge in [-0.25, -0.2) is 0 Å². The fourth-order valence-electron chi connectivity index (χ4n) is 2.54. The van der Waals surface area contributed by atoms with Crippen LogP contribution in [0.3, 0.4) is 0 Å². The number of aliphatic carboxylic acids is 1. The molecule has 2 aliphatic rings. The van der Waals surface area contributed by atoms with Gasteiger partial charge in [-0.15, -0.1) is 0 Å². The Morgan fingerprint density at radius 3 is 2.14 bits per heavy atom. The Labute approximate surface area is 120 Å². The van der Waals surface area contributed by atoms with Gasteiger partial charge in [0.25, 0.3) is 11.8 Å². The fraction of sp³-hybridized carbons (Fsp3) is 0.357. The van der Waals surface area contributed by atoms with Crippen LogP contribution < -0.4 is 0 Å². The van der Waals surface area contributed by atoms with Gasteiger partial charge in [-0.05, 0) is 12.1 Å². The number of fused-ring (bicyclic) bond motifs is 1. The number of ether oxygens (including phenoxy) is 2. The molecule has 0 atom stereocenters. The summed E-state index contributed by atoms with van der Waals surface area (Å²) in [5.41, 5.74) is -0.840. The molecule has 1 saturated heterocycles. The van der Waals surface area contributed by atoms with E-state index in [4.69, 9.17) is 9.47 Å². The maximum Gasteiger partial charge on any atom is 0.316 e. The molecule has 0 saturated carbocycles. The van der Waals surface area contributed by atoms with Crippen LogP contribution in [0.5, 0.6) is 0 Å².